The van der Waals surface area contributed by atoms with Crippen molar-refractivity contribution in [2.75, 3.05) is 5.75 Å². The van der Waals surface area contributed by atoms with E-state index in [1.54, 1.807) is 12.1 Å². The van der Waals surface area contributed by atoms with Gasteiger partial charge in [0.15, 0.2) is 0 Å². The van der Waals surface area contributed by atoms with E-state index in [9.17, 15) is 9.18 Å². The summed E-state index contributed by atoms with van der Waals surface area (Å²) in [5.74, 6) is 0.233. The monoisotopic (exact) mass is 379 g/mol. The summed E-state index contributed by atoms with van der Waals surface area (Å²) in [5, 5.41) is 3.41. The molecule has 0 saturated carbocycles. The molecule has 2 aromatic carbocycles. The molecule has 0 radical (unpaired) electrons. The van der Waals surface area contributed by atoms with Crippen LogP contribution < -0.4 is 5.32 Å². The number of halogens is 2. The lowest BCUT2D eigenvalue weighted by molar-refractivity contribution is -0.119. The van der Waals surface area contributed by atoms with Crippen molar-refractivity contribution in [3.8, 4) is 0 Å². The second kappa shape index (κ2) is 8.72. The first-order valence-corrected chi connectivity index (χ1v) is 9.70. The van der Waals surface area contributed by atoms with E-state index in [1.807, 2.05) is 6.92 Å². The lowest BCUT2D eigenvalue weighted by Crippen LogP contribution is -2.28. The van der Waals surface area contributed by atoms with Gasteiger partial charge in [-0.15, -0.1) is 11.8 Å². The third-order valence-corrected chi connectivity index (χ3v) is 5.58. The quantitative estimate of drug-likeness (QED) is 0.716. The number of amides is 1. The molecule has 2 aromatic rings. The number of thioether (sulfide) groups is 1. The zero-order valence-electron chi connectivity index (χ0n) is 15.0. The van der Waals surface area contributed by atoms with Crippen LogP contribution in [0.4, 0.5) is 4.39 Å². The van der Waals surface area contributed by atoms with Crippen LogP contribution in [0, 0.1) is 26.6 Å². The number of carbonyl (C=O) groups excluding carboxylic acids is 1. The number of rotatable bonds is 6. The molecule has 0 unspecified atom stereocenters. The highest BCUT2D eigenvalue weighted by molar-refractivity contribution is 7.99. The Labute approximate surface area is 158 Å². The van der Waals surface area contributed by atoms with Crippen LogP contribution in [-0.2, 0) is 10.5 Å². The van der Waals surface area contributed by atoms with Gasteiger partial charge in [0, 0.05) is 16.3 Å². The summed E-state index contributed by atoms with van der Waals surface area (Å²) < 4.78 is 13.7. The molecule has 0 heterocycles. The highest BCUT2D eigenvalue weighted by Crippen LogP contribution is 2.24. The van der Waals surface area contributed by atoms with Crippen molar-refractivity contribution in [3.63, 3.8) is 0 Å². The predicted octanol–water partition coefficient (Wildman–Crippen LogP) is 5.51. The topological polar surface area (TPSA) is 29.1 Å². The van der Waals surface area contributed by atoms with Gasteiger partial charge in [0.2, 0.25) is 5.91 Å². The summed E-state index contributed by atoms with van der Waals surface area (Å²) in [6, 6.07) is 8.82. The average molecular weight is 380 g/mol. The van der Waals surface area contributed by atoms with Crippen LogP contribution in [-0.4, -0.2) is 11.7 Å². The minimum Gasteiger partial charge on any atom is -0.349 e. The smallest absolute Gasteiger partial charge is 0.230 e. The molecule has 5 heteroatoms. The van der Waals surface area contributed by atoms with Crippen LogP contribution in [0.15, 0.2) is 30.3 Å². The normalized spacial score (nSPS) is 12.1. The Bertz CT molecular complexity index is 758. The van der Waals surface area contributed by atoms with Crippen LogP contribution in [0.2, 0.25) is 5.02 Å². The molecule has 0 aromatic heterocycles. The first kappa shape index (κ1) is 19.8. The number of nitrogens with one attached hydrogen (secondary N) is 1. The summed E-state index contributed by atoms with van der Waals surface area (Å²) in [7, 11) is 0. The maximum Gasteiger partial charge on any atom is 0.230 e. The van der Waals surface area contributed by atoms with Gasteiger partial charge < -0.3 is 5.32 Å². The van der Waals surface area contributed by atoms with Gasteiger partial charge in [0.05, 0.1) is 11.8 Å². The molecule has 0 aliphatic rings. The molecule has 0 aliphatic carbocycles. The largest absolute Gasteiger partial charge is 0.349 e. The number of benzene rings is 2. The van der Waals surface area contributed by atoms with Crippen molar-refractivity contribution in [1.82, 2.24) is 5.32 Å². The lowest BCUT2D eigenvalue weighted by Gasteiger charge is -2.18. The van der Waals surface area contributed by atoms with Gasteiger partial charge in [-0.3, -0.25) is 4.79 Å². The van der Waals surface area contributed by atoms with E-state index < -0.39 is 0 Å². The molecule has 134 valence electrons. The standard InChI is InChI=1S/C20H23ClFNOS/c1-12-8-14(3)16(9-13(12)2)15(4)23-20(24)11-25-10-17-18(21)6-5-7-19(17)22/h5-9,15H,10-11H2,1-4H3,(H,23,24)/t15-/m0/s1. The average Bonchev–Trinajstić information content (AvgIpc) is 2.53. The Morgan fingerprint density at radius 2 is 1.88 bits per heavy atom. The molecule has 1 amide bonds. The van der Waals surface area contributed by atoms with Gasteiger partial charge in [0.25, 0.3) is 0 Å². The predicted molar refractivity (Wildman–Crippen MR) is 105 cm³/mol. The lowest BCUT2D eigenvalue weighted by atomic mass is 9.96. The van der Waals surface area contributed by atoms with Crippen LogP contribution >= 0.6 is 23.4 Å². The van der Waals surface area contributed by atoms with Crippen molar-refractivity contribution in [1.29, 1.82) is 0 Å². The van der Waals surface area contributed by atoms with Crippen molar-refractivity contribution < 1.29 is 9.18 Å². The van der Waals surface area contributed by atoms with Crippen LogP contribution in [0.25, 0.3) is 0 Å². The highest BCUT2D eigenvalue weighted by atomic mass is 35.5. The van der Waals surface area contributed by atoms with Crippen molar-refractivity contribution >= 4 is 29.3 Å². The van der Waals surface area contributed by atoms with Gasteiger partial charge in [-0.05, 0) is 62.1 Å². The third kappa shape index (κ3) is 5.23. The van der Waals surface area contributed by atoms with E-state index in [4.69, 9.17) is 11.6 Å². The van der Waals surface area contributed by atoms with E-state index in [2.05, 4.69) is 38.2 Å². The van der Waals surface area contributed by atoms with Gasteiger partial charge in [-0.25, -0.2) is 4.39 Å². The minimum absolute atomic E-state index is 0.0653. The Morgan fingerprint density at radius 1 is 1.20 bits per heavy atom. The zero-order valence-corrected chi connectivity index (χ0v) is 16.5. The Hall–Kier alpha value is -1.52. The number of carbonyl (C=O) groups is 1. The molecular weight excluding hydrogens is 357 g/mol. The first-order chi connectivity index (χ1) is 11.8. The van der Waals surface area contributed by atoms with Gasteiger partial charge in [0.1, 0.15) is 5.82 Å². The van der Waals surface area contributed by atoms with Crippen molar-refractivity contribution in [2.24, 2.45) is 0 Å². The molecule has 0 saturated heterocycles. The molecule has 0 bridgehead atoms. The summed E-state index contributed by atoms with van der Waals surface area (Å²) in [4.78, 5) is 12.2. The fourth-order valence-electron chi connectivity index (χ4n) is 2.73. The molecule has 0 spiro atoms. The molecular formula is C20H23ClFNOS. The summed E-state index contributed by atoms with van der Waals surface area (Å²) in [5.41, 5.74) is 5.20. The Balaban J connectivity index is 1.91. The van der Waals surface area contributed by atoms with Gasteiger partial charge >= 0.3 is 0 Å². The molecule has 0 fully saturated rings. The van der Waals surface area contributed by atoms with Crippen LogP contribution in [0.5, 0.6) is 0 Å². The third-order valence-electron chi connectivity index (χ3n) is 4.27. The molecule has 1 atom stereocenters. The van der Waals surface area contributed by atoms with Crippen molar-refractivity contribution in [2.45, 2.75) is 39.5 Å². The van der Waals surface area contributed by atoms with Crippen molar-refractivity contribution in [3.05, 3.63) is 69.0 Å². The van der Waals surface area contributed by atoms with Gasteiger partial charge in [-0.1, -0.05) is 29.8 Å². The van der Waals surface area contributed by atoms with E-state index in [-0.39, 0.29) is 23.5 Å². The second-order valence-electron chi connectivity index (χ2n) is 6.28. The van der Waals surface area contributed by atoms with E-state index in [0.717, 1.165) is 5.56 Å². The fourth-order valence-corrected chi connectivity index (χ4v) is 3.90. The molecule has 1 N–H and O–H groups in total. The Kier molecular flexibility index (Phi) is 6.91. The summed E-state index contributed by atoms with van der Waals surface area (Å²) >= 11 is 7.35. The highest BCUT2D eigenvalue weighted by Gasteiger charge is 2.14. The molecule has 2 nitrogen and oxygen atoms in total. The molecule has 25 heavy (non-hydrogen) atoms. The second-order valence-corrected chi connectivity index (χ2v) is 7.67. The summed E-state index contributed by atoms with van der Waals surface area (Å²) in [6.07, 6.45) is 0. The van der Waals surface area contributed by atoms with E-state index >= 15 is 0 Å². The first-order valence-electron chi connectivity index (χ1n) is 8.17. The van der Waals surface area contributed by atoms with Crippen LogP contribution in [0.3, 0.4) is 0 Å². The maximum atomic E-state index is 13.7. The zero-order chi connectivity index (χ0) is 18.6. The maximum absolute atomic E-state index is 13.7. The summed E-state index contributed by atoms with van der Waals surface area (Å²) in [6.45, 7) is 8.19. The number of aryl methyl sites for hydroxylation is 3. The minimum atomic E-state index is -0.334. The fraction of sp³-hybridized carbons (Fsp3) is 0.350. The number of hydrogen-bond donors (Lipinski definition) is 1. The van der Waals surface area contributed by atoms with E-state index in [0.29, 0.717) is 16.3 Å². The number of hydrogen-bond acceptors (Lipinski definition) is 2. The van der Waals surface area contributed by atoms with Gasteiger partial charge in [-0.2, -0.15) is 0 Å². The van der Waals surface area contributed by atoms with Crippen LogP contribution in [0.1, 0.15) is 40.8 Å². The molecule has 2 rings (SSSR count). The SMILES string of the molecule is Cc1cc(C)c([C@H](C)NC(=O)CSCc2c(F)cccc2Cl)cc1C. The Morgan fingerprint density at radius 3 is 2.56 bits per heavy atom. The van der Waals surface area contributed by atoms with E-state index in [1.165, 1.54) is 34.5 Å². The molecule has 0 aliphatic heterocycles.